The Balaban J connectivity index is 0.000000352. The van der Waals surface area contributed by atoms with Gasteiger partial charge in [0.15, 0.2) is 0 Å². The van der Waals surface area contributed by atoms with Crippen molar-refractivity contribution in [3.05, 3.63) is 163 Å². The summed E-state index contributed by atoms with van der Waals surface area (Å²) >= 11 is 0. The van der Waals surface area contributed by atoms with Crippen molar-refractivity contribution in [2.24, 2.45) is 4.99 Å². The van der Waals surface area contributed by atoms with Crippen LogP contribution in [0.15, 0.2) is 157 Å². The molecule has 3 heteroatoms. The molecule has 0 saturated heterocycles. The molecule has 0 spiro atoms. The van der Waals surface area contributed by atoms with Gasteiger partial charge in [0.1, 0.15) is 0 Å². The number of aromatic nitrogens is 1. The number of para-hydroxylation sites is 3. The third-order valence-corrected chi connectivity index (χ3v) is 7.15. The van der Waals surface area contributed by atoms with Crippen molar-refractivity contribution in [2.75, 3.05) is 0 Å². The Kier molecular flexibility index (Phi) is 15.3. The molecule has 0 amide bonds. The summed E-state index contributed by atoms with van der Waals surface area (Å²) in [6.07, 6.45) is 2.68. The Morgan fingerprint density at radius 3 is 1.46 bits per heavy atom. The zero-order valence-electron chi connectivity index (χ0n) is 27.6. The van der Waals surface area contributed by atoms with Gasteiger partial charge in [0.2, 0.25) is 0 Å². The molecule has 0 N–H and O–H groups in total. The quantitative estimate of drug-likeness (QED) is 0.128. The van der Waals surface area contributed by atoms with E-state index in [9.17, 15) is 0 Å². The van der Waals surface area contributed by atoms with Crippen LogP contribution in [-0.4, -0.2) is 10.8 Å². The van der Waals surface area contributed by atoms with Crippen molar-refractivity contribution in [2.45, 2.75) is 41.2 Å². The van der Waals surface area contributed by atoms with Gasteiger partial charge in [-0.2, -0.15) is 24.4 Å². The first-order valence-corrected chi connectivity index (χ1v) is 15.8. The van der Waals surface area contributed by atoms with Crippen LogP contribution >= 0.6 is 0 Å². The summed E-state index contributed by atoms with van der Waals surface area (Å²) in [5.74, 6) is 0. The Morgan fingerprint density at radius 1 is 0.543 bits per heavy atom. The molecule has 6 aromatic carbocycles. The molecule has 0 aliphatic carbocycles. The first-order chi connectivity index (χ1) is 22.3. The molecule has 0 bridgehead atoms. The minimum atomic E-state index is 0. The number of hydrogen-bond donors (Lipinski definition) is 0. The average Bonchev–Trinajstić information content (AvgIpc) is 3.45. The van der Waals surface area contributed by atoms with Crippen LogP contribution in [0.1, 0.15) is 40.2 Å². The summed E-state index contributed by atoms with van der Waals surface area (Å²) in [5, 5.41) is 2.62. The average molecular weight is 676 g/mol. The summed E-state index contributed by atoms with van der Waals surface area (Å²) in [4.78, 5) is 3.90. The van der Waals surface area contributed by atoms with Gasteiger partial charge in [-0.3, -0.25) is 6.07 Å². The van der Waals surface area contributed by atoms with Crippen LogP contribution in [0.25, 0.3) is 44.1 Å². The van der Waals surface area contributed by atoms with E-state index in [0.717, 1.165) is 12.2 Å². The minimum absolute atomic E-state index is 0. The van der Waals surface area contributed by atoms with E-state index < -0.39 is 0 Å². The molecule has 0 unspecified atom stereocenters. The Morgan fingerprint density at radius 2 is 1.00 bits per heavy atom. The summed E-state index contributed by atoms with van der Waals surface area (Å²) < 4.78 is 2.45. The largest absolute Gasteiger partial charge is 0.482 e. The van der Waals surface area contributed by atoms with E-state index in [-0.39, 0.29) is 32.7 Å². The van der Waals surface area contributed by atoms with Gasteiger partial charge in [-0.1, -0.05) is 125 Å². The number of benzene rings is 6. The topological polar surface area (TPSA) is 17.3 Å². The van der Waals surface area contributed by atoms with Crippen LogP contribution in [0.3, 0.4) is 0 Å². The molecule has 0 fully saturated rings. The number of nitrogens with zero attached hydrogens (tertiary/aromatic N) is 2. The van der Waals surface area contributed by atoms with Gasteiger partial charge in [-0.05, 0) is 58.1 Å². The number of rotatable bonds is 5. The molecular weight excluding hydrogens is 633 g/mol. The Labute approximate surface area is 300 Å². The fourth-order valence-electron chi connectivity index (χ4n) is 5.31. The Bertz CT molecular complexity index is 1800. The standard InChI is InChI=1S/C31H23N.C8H7N.2C2H6.Y/c1-3-11-24(12-4-1)26-19-23(20-27(21-26)25-13-5-2-6-14-25)22-32-30-17-9-7-15-28(30)29-16-8-10-18-31(29)32;1-2-9-8-6-4-3-5-7-8;2*1-2;/h1-21H,22H2;3-6H,1H3;2*1-2H3;/q;-2;;;. The zero-order valence-corrected chi connectivity index (χ0v) is 30.5. The van der Waals surface area contributed by atoms with Gasteiger partial charge < -0.3 is 9.56 Å². The molecule has 7 aromatic rings. The van der Waals surface area contributed by atoms with E-state index in [1.54, 1.807) is 6.92 Å². The van der Waals surface area contributed by atoms with Crippen molar-refractivity contribution >= 4 is 33.7 Å². The van der Waals surface area contributed by atoms with Crippen LogP contribution in [0.5, 0.6) is 0 Å². The molecule has 229 valence electrons. The summed E-state index contributed by atoms with van der Waals surface area (Å²) in [6, 6.07) is 56.2. The second kappa shape index (κ2) is 19.4. The van der Waals surface area contributed by atoms with E-state index in [1.807, 2.05) is 52.0 Å². The van der Waals surface area contributed by atoms with Crippen LogP contribution in [0.2, 0.25) is 0 Å². The van der Waals surface area contributed by atoms with E-state index in [4.69, 9.17) is 0 Å². The molecule has 1 heterocycles. The minimum Gasteiger partial charge on any atom is -0.482 e. The SMILES string of the molecule is CC.CC.C[C-]=Nc1[c-]cccc1.[Y].c1ccc(-c2cc(Cn3c4ccccc4c4ccccc43)cc(-c3ccccc3)c2)cc1. The van der Waals surface area contributed by atoms with Gasteiger partial charge in [0, 0.05) is 61.1 Å². The number of hydrogen-bond acceptors (Lipinski definition) is 1. The monoisotopic (exact) mass is 675 g/mol. The molecule has 2 nitrogen and oxygen atoms in total. The molecule has 7 rings (SSSR count). The molecule has 0 aliphatic rings. The molecule has 1 radical (unpaired) electrons. The van der Waals surface area contributed by atoms with Crippen LogP contribution in [0, 0.1) is 6.07 Å². The maximum Gasteiger partial charge on any atom is 0.0494 e. The van der Waals surface area contributed by atoms with Gasteiger partial charge in [0.05, 0.1) is 0 Å². The maximum atomic E-state index is 3.90. The third kappa shape index (κ3) is 9.22. The summed E-state index contributed by atoms with van der Waals surface area (Å²) in [5.41, 5.74) is 9.69. The third-order valence-electron chi connectivity index (χ3n) is 7.15. The molecular formula is C43H42N2Y-2. The number of aliphatic imine (C=N–C) groups is 1. The fourth-order valence-corrected chi connectivity index (χ4v) is 5.31. The maximum absolute atomic E-state index is 3.90. The van der Waals surface area contributed by atoms with Crippen molar-refractivity contribution < 1.29 is 32.7 Å². The normalized spacial score (nSPS) is 10.1. The molecule has 46 heavy (non-hydrogen) atoms. The molecule has 0 saturated carbocycles. The van der Waals surface area contributed by atoms with Crippen LogP contribution < -0.4 is 0 Å². The second-order valence-electron chi connectivity index (χ2n) is 9.85. The molecule has 0 aliphatic heterocycles. The van der Waals surface area contributed by atoms with E-state index in [0.29, 0.717) is 0 Å². The van der Waals surface area contributed by atoms with Gasteiger partial charge in [0.25, 0.3) is 0 Å². The van der Waals surface area contributed by atoms with Gasteiger partial charge in [-0.25, -0.2) is 11.8 Å². The zero-order chi connectivity index (χ0) is 31.9. The first kappa shape index (κ1) is 36.4. The summed E-state index contributed by atoms with van der Waals surface area (Å²) in [6.45, 7) is 10.6. The van der Waals surface area contributed by atoms with Crippen molar-refractivity contribution in [3.63, 3.8) is 0 Å². The number of fused-ring (bicyclic) bond motifs is 3. The van der Waals surface area contributed by atoms with E-state index >= 15 is 0 Å². The van der Waals surface area contributed by atoms with Crippen LogP contribution in [-0.2, 0) is 39.3 Å². The Hall–Kier alpha value is -4.11. The predicted molar refractivity (Wildman–Crippen MR) is 197 cm³/mol. The smallest absolute Gasteiger partial charge is 0.0494 e. The first-order valence-electron chi connectivity index (χ1n) is 15.8. The fraction of sp³-hybridized carbons (Fsp3) is 0.140. The van der Waals surface area contributed by atoms with Gasteiger partial charge >= 0.3 is 0 Å². The predicted octanol–water partition coefficient (Wildman–Crippen LogP) is 12.3. The molecule has 1 aromatic heterocycles. The van der Waals surface area contributed by atoms with E-state index in [2.05, 4.69) is 149 Å². The van der Waals surface area contributed by atoms with E-state index in [1.165, 1.54) is 49.6 Å². The van der Waals surface area contributed by atoms with Crippen molar-refractivity contribution in [1.82, 2.24) is 4.57 Å². The molecule has 0 atom stereocenters. The van der Waals surface area contributed by atoms with Crippen molar-refractivity contribution in [1.29, 1.82) is 0 Å². The van der Waals surface area contributed by atoms with Crippen molar-refractivity contribution in [3.8, 4) is 22.3 Å². The van der Waals surface area contributed by atoms with Gasteiger partial charge in [-0.15, -0.1) is 6.92 Å². The van der Waals surface area contributed by atoms with Crippen LogP contribution in [0.4, 0.5) is 5.69 Å². The summed E-state index contributed by atoms with van der Waals surface area (Å²) in [7, 11) is 0. The second-order valence-corrected chi connectivity index (χ2v) is 9.85.